The van der Waals surface area contributed by atoms with Crippen LogP contribution in [0.5, 0.6) is 0 Å². The zero-order valence-corrected chi connectivity index (χ0v) is 14.2. The molecule has 1 aromatic carbocycles. The minimum atomic E-state index is -0.201. The summed E-state index contributed by atoms with van der Waals surface area (Å²) < 4.78 is 14.3. The molecule has 6 heteroatoms. The molecule has 0 spiro atoms. The van der Waals surface area contributed by atoms with E-state index in [0.717, 1.165) is 30.2 Å². The van der Waals surface area contributed by atoms with Crippen LogP contribution in [0, 0.1) is 11.7 Å². The number of benzene rings is 1. The van der Waals surface area contributed by atoms with Crippen LogP contribution in [-0.2, 0) is 11.2 Å². The number of hydrogen-bond acceptors (Lipinski definition) is 2. The molecule has 118 valence electrons. The van der Waals surface area contributed by atoms with Crippen LogP contribution in [0.4, 0.5) is 4.39 Å². The first-order valence-corrected chi connectivity index (χ1v) is 7.83. The van der Waals surface area contributed by atoms with Crippen molar-refractivity contribution in [3.63, 3.8) is 0 Å². The van der Waals surface area contributed by atoms with Gasteiger partial charge in [0.25, 0.3) is 0 Å². The average molecular weight is 380 g/mol. The van der Waals surface area contributed by atoms with Crippen molar-refractivity contribution >= 4 is 34.2 Å². The van der Waals surface area contributed by atoms with Crippen LogP contribution in [-0.4, -0.2) is 18.5 Å². The first kappa shape index (κ1) is 18.4. The highest BCUT2D eigenvalue weighted by Gasteiger charge is 2.27. The van der Waals surface area contributed by atoms with Crippen LogP contribution in [0.3, 0.4) is 0 Å². The van der Waals surface area contributed by atoms with Gasteiger partial charge in [0.1, 0.15) is 5.82 Å². The van der Waals surface area contributed by atoms with Gasteiger partial charge in [-0.25, -0.2) is 4.39 Å². The van der Waals surface area contributed by atoms with Gasteiger partial charge in [-0.15, -0.1) is 12.4 Å². The Balaban J connectivity index is 0.00000220. The van der Waals surface area contributed by atoms with E-state index in [9.17, 15) is 9.18 Å². The molecule has 1 aromatic rings. The summed E-state index contributed by atoms with van der Waals surface area (Å²) in [5.74, 6) is -0.0453. The highest BCUT2D eigenvalue weighted by molar-refractivity contribution is 9.10. The van der Waals surface area contributed by atoms with Crippen molar-refractivity contribution in [2.75, 3.05) is 6.54 Å². The molecule has 0 heterocycles. The van der Waals surface area contributed by atoms with Crippen LogP contribution >= 0.6 is 28.3 Å². The van der Waals surface area contributed by atoms with Crippen LogP contribution in [0.1, 0.15) is 31.2 Å². The summed E-state index contributed by atoms with van der Waals surface area (Å²) in [4.78, 5) is 11.9. The molecule has 3 nitrogen and oxygen atoms in total. The Morgan fingerprint density at radius 1 is 1.43 bits per heavy atom. The SMILES string of the molecule is Cl.NC1CCC(C(=O)NCCCc2ccc(Br)cc2F)C1. The van der Waals surface area contributed by atoms with Crippen molar-refractivity contribution in [1.82, 2.24) is 5.32 Å². The van der Waals surface area contributed by atoms with Crippen molar-refractivity contribution in [3.8, 4) is 0 Å². The molecular weight excluding hydrogens is 359 g/mol. The Morgan fingerprint density at radius 3 is 2.81 bits per heavy atom. The number of nitrogens with one attached hydrogen (secondary N) is 1. The number of aryl methyl sites for hydroxylation is 1. The standard InChI is InChI=1S/C15H20BrFN2O.ClH/c16-12-5-3-10(14(17)9-12)2-1-7-19-15(20)11-4-6-13(18)8-11;/h3,5,9,11,13H,1-2,4,6-8,18H2,(H,19,20);1H. The normalized spacial score (nSPS) is 20.9. The third-order valence-corrected chi connectivity index (χ3v) is 4.27. The summed E-state index contributed by atoms with van der Waals surface area (Å²) >= 11 is 3.23. The summed E-state index contributed by atoms with van der Waals surface area (Å²) in [7, 11) is 0. The lowest BCUT2D eigenvalue weighted by Crippen LogP contribution is -2.31. The molecule has 1 fully saturated rings. The number of hydrogen-bond donors (Lipinski definition) is 2. The number of carbonyl (C=O) groups excluding carboxylic acids is 1. The van der Waals surface area contributed by atoms with E-state index >= 15 is 0 Å². The smallest absolute Gasteiger partial charge is 0.223 e. The zero-order valence-electron chi connectivity index (χ0n) is 11.8. The lowest BCUT2D eigenvalue weighted by molar-refractivity contribution is -0.124. The van der Waals surface area contributed by atoms with Crippen molar-refractivity contribution in [2.24, 2.45) is 11.7 Å². The largest absolute Gasteiger partial charge is 0.356 e. The lowest BCUT2D eigenvalue weighted by atomic mass is 10.1. The van der Waals surface area contributed by atoms with Crippen molar-refractivity contribution < 1.29 is 9.18 Å². The maximum absolute atomic E-state index is 13.6. The fourth-order valence-corrected chi connectivity index (χ4v) is 2.95. The first-order valence-electron chi connectivity index (χ1n) is 7.03. The van der Waals surface area contributed by atoms with Crippen LogP contribution in [0.25, 0.3) is 0 Å². The summed E-state index contributed by atoms with van der Waals surface area (Å²) in [6.45, 7) is 0.583. The molecule has 1 amide bonds. The number of rotatable bonds is 5. The Kier molecular flexibility index (Phi) is 7.63. The fraction of sp³-hybridized carbons (Fsp3) is 0.533. The molecule has 0 bridgehead atoms. The zero-order chi connectivity index (χ0) is 14.5. The van der Waals surface area contributed by atoms with Crippen molar-refractivity contribution in [2.45, 2.75) is 38.1 Å². The van der Waals surface area contributed by atoms with Gasteiger partial charge in [0, 0.05) is 23.0 Å². The van der Waals surface area contributed by atoms with E-state index in [-0.39, 0.29) is 36.1 Å². The number of carbonyl (C=O) groups is 1. The summed E-state index contributed by atoms with van der Waals surface area (Å²) in [6.07, 6.45) is 3.97. The van der Waals surface area contributed by atoms with Crippen molar-refractivity contribution in [1.29, 1.82) is 0 Å². The molecule has 0 aliphatic heterocycles. The van der Waals surface area contributed by atoms with E-state index in [4.69, 9.17) is 5.73 Å². The Hall–Kier alpha value is -0.650. The molecule has 0 radical (unpaired) electrons. The molecule has 1 aliphatic rings. The fourth-order valence-electron chi connectivity index (χ4n) is 2.61. The van der Waals surface area contributed by atoms with Crippen LogP contribution in [0.2, 0.25) is 0 Å². The van der Waals surface area contributed by atoms with Crippen molar-refractivity contribution in [3.05, 3.63) is 34.1 Å². The van der Waals surface area contributed by atoms with Gasteiger partial charge in [-0.2, -0.15) is 0 Å². The third-order valence-electron chi connectivity index (χ3n) is 3.78. The van der Waals surface area contributed by atoms with Gasteiger partial charge in [-0.05, 0) is 49.8 Å². The highest BCUT2D eigenvalue weighted by Crippen LogP contribution is 2.24. The van der Waals surface area contributed by atoms with E-state index < -0.39 is 0 Å². The minimum absolute atomic E-state index is 0. The minimum Gasteiger partial charge on any atom is -0.356 e. The first-order chi connectivity index (χ1) is 9.56. The van der Waals surface area contributed by atoms with E-state index in [1.54, 1.807) is 6.07 Å². The summed E-state index contributed by atoms with van der Waals surface area (Å²) in [6, 6.07) is 5.24. The van der Waals surface area contributed by atoms with Gasteiger partial charge in [0.15, 0.2) is 0 Å². The second kappa shape index (κ2) is 8.71. The predicted molar refractivity (Wildman–Crippen MR) is 88.0 cm³/mol. The number of amides is 1. The lowest BCUT2D eigenvalue weighted by Gasteiger charge is -2.11. The van der Waals surface area contributed by atoms with E-state index in [0.29, 0.717) is 18.5 Å². The molecule has 2 unspecified atom stereocenters. The topological polar surface area (TPSA) is 55.1 Å². The van der Waals surface area contributed by atoms with Gasteiger partial charge in [0.05, 0.1) is 0 Å². The maximum atomic E-state index is 13.6. The quantitative estimate of drug-likeness (QED) is 0.772. The average Bonchev–Trinajstić information content (AvgIpc) is 2.83. The summed E-state index contributed by atoms with van der Waals surface area (Å²) in [5.41, 5.74) is 6.48. The molecule has 1 saturated carbocycles. The van der Waals surface area contributed by atoms with Crippen LogP contribution < -0.4 is 11.1 Å². The second-order valence-electron chi connectivity index (χ2n) is 5.40. The molecular formula is C15H21BrClFN2O. The molecule has 0 aromatic heterocycles. The van der Waals surface area contributed by atoms with E-state index in [2.05, 4.69) is 21.2 Å². The molecule has 1 aliphatic carbocycles. The molecule has 2 atom stereocenters. The second-order valence-corrected chi connectivity index (χ2v) is 6.32. The van der Waals surface area contributed by atoms with Gasteiger partial charge >= 0.3 is 0 Å². The molecule has 3 N–H and O–H groups in total. The van der Waals surface area contributed by atoms with E-state index in [1.165, 1.54) is 6.07 Å². The molecule has 21 heavy (non-hydrogen) atoms. The van der Waals surface area contributed by atoms with Gasteiger partial charge in [-0.1, -0.05) is 22.0 Å². The number of nitrogens with two attached hydrogens (primary N) is 1. The van der Waals surface area contributed by atoms with Gasteiger partial charge < -0.3 is 11.1 Å². The molecule has 0 saturated heterocycles. The Morgan fingerprint density at radius 2 is 2.19 bits per heavy atom. The van der Waals surface area contributed by atoms with Crippen LogP contribution in [0.15, 0.2) is 22.7 Å². The Labute approximate surface area is 139 Å². The van der Waals surface area contributed by atoms with Gasteiger partial charge in [-0.3, -0.25) is 4.79 Å². The Bertz CT molecular complexity index is 487. The highest BCUT2D eigenvalue weighted by atomic mass is 79.9. The van der Waals surface area contributed by atoms with Gasteiger partial charge in [0.2, 0.25) is 5.91 Å². The molecule has 2 rings (SSSR count). The monoisotopic (exact) mass is 378 g/mol. The predicted octanol–water partition coefficient (Wildman–Crippen LogP) is 3.19. The van der Waals surface area contributed by atoms with E-state index in [1.807, 2.05) is 6.07 Å². The number of halogens is 3. The maximum Gasteiger partial charge on any atom is 0.223 e. The third kappa shape index (κ3) is 5.57. The summed E-state index contributed by atoms with van der Waals surface area (Å²) in [5, 5.41) is 2.92.